The first-order valence-electron chi connectivity index (χ1n) is 7.34. The molecule has 0 radical (unpaired) electrons. The molecule has 1 aliphatic rings. The first-order chi connectivity index (χ1) is 9.29. The van der Waals surface area contributed by atoms with E-state index in [0.717, 1.165) is 57.9 Å². The van der Waals surface area contributed by atoms with E-state index in [2.05, 4.69) is 30.3 Å². The van der Waals surface area contributed by atoms with Crippen LogP contribution in [-0.2, 0) is 17.8 Å². The highest BCUT2D eigenvalue weighted by atomic mass is 16.5. The summed E-state index contributed by atoms with van der Waals surface area (Å²) < 4.78 is 11.0. The second-order valence-corrected chi connectivity index (χ2v) is 5.36. The van der Waals surface area contributed by atoms with Gasteiger partial charge in [-0.15, -0.1) is 0 Å². The summed E-state index contributed by atoms with van der Waals surface area (Å²) in [6.45, 7) is 6.80. The van der Waals surface area contributed by atoms with Gasteiger partial charge in [0.05, 0.1) is 12.8 Å². The maximum Gasteiger partial charge on any atom is 0.118 e. The minimum absolute atomic E-state index is 0.625. The van der Waals surface area contributed by atoms with Gasteiger partial charge in [0.1, 0.15) is 5.76 Å². The molecular weight excluding hydrogens is 240 g/mol. The van der Waals surface area contributed by atoms with E-state index in [1.807, 2.05) is 6.26 Å². The van der Waals surface area contributed by atoms with E-state index >= 15 is 0 Å². The molecule has 0 saturated carbocycles. The average Bonchev–Trinajstić information content (AvgIpc) is 2.88. The van der Waals surface area contributed by atoms with E-state index in [9.17, 15) is 0 Å². The molecule has 1 saturated heterocycles. The zero-order chi connectivity index (χ0) is 13.5. The lowest BCUT2D eigenvalue weighted by atomic mass is 10.1. The fourth-order valence-corrected chi connectivity index (χ4v) is 2.51. The maximum absolute atomic E-state index is 5.64. The number of rotatable bonds is 7. The second kappa shape index (κ2) is 7.68. The molecule has 1 aromatic rings. The van der Waals surface area contributed by atoms with Crippen LogP contribution in [0.5, 0.6) is 0 Å². The van der Waals surface area contributed by atoms with E-state index in [1.165, 1.54) is 5.56 Å². The lowest BCUT2D eigenvalue weighted by molar-refractivity contribution is 0.0387. The van der Waals surface area contributed by atoms with Gasteiger partial charge in [-0.25, -0.2) is 0 Å². The van der Waals surface area contributed by atoms with Crippen molar-refractivity contribution in [3.63, 3.8) is 0 Å². The summed E-state index contributed by atoms with van der Waals surface area (Å²) in [6, 6.07) is 2.79. The molecule has 0 bridgehead atoms. The number of hydrogen-bond acceptors (Lipinski definition) is 4. The molecule has 1 fully saturated rings. The first-order valence-corrected chi connectivity index (χ1v) is 7.34. The lowest BCUT2D eigenvalue weighted by Crippen LogP contribution is -2.36. The minimum atomic E-state index is 0.625. The normalized spacial score (nSPS) is 17.2. The van der Waals surface area contributed by atoms with E-state index in [-0.39, 0.29) is 0 Å². The Bertz CT molecular complexity index is 359. The molecule has 2 rings (SSSR count). The van der Waals surface area contributed by atoms with Crippen LogP contribution in [0.3, 0.4) is 0 Å². The summed E-state index contributed by atoms with van der Waals surface area (Å²) >= 11 is 0. The monoisotopic (exact) mass is 266 g/mol. The molecule has 1 aromatic heterocycles. The minimum Gasteiger partial charge on any atom is -0.468 e. The molecular formula is C15H26N2O2. The predicted molar refractivity (Wildman–Crippen MR) is 76.0 cm³/mol. The Kier molecular flexibility index (Phi) is 5.89. The van der Waals surface area contributed by atoms with Crippen molar-refractivity contribution in [2.75, 3.05) is 26.8 Å². The molecule has 0 spiro atoms. The number of ether oxygens (including phenoxy) is 1. The lowest BCUT2D eigenvalue weighted by Gasteiger charge is -2.30. The number of nitrogens with zero attached hydrogens (tertiary/aromatic N) is 1. The fraction of sp³-hybridized carbons (Fsp3) is 0.733. The van der Waals surface area contributed by atoms with Crippen LogP contribution in [0.25, 0.3) is 0 Å². The van der Waals surface area contributed by atoms with Crippen LogP contribution in [-0.4, -0.2) is 37.7 Å². The van der Waals surface area contributed by atoms with E-state index in [4.69, 9.17) is 9.15 Å². The fourth-order valence-electron chi connectivity index (χ4n) is 2.51. The Labute approximate surface area is 116 Å². The van der Waals surface area contributed by atoms with Gasteiger partial charge in [0.2, 0.25) is 0 Å². The number of hydrogen-bond donors (Lipinski definition) is 1. The molecule has 2 heterocycles. The molecule has 1 aliphatic heterocycles. The van der Waals surface area contributed by atoms with Gasteiger partial charge in [-0.2, -0.15) is 0 Å². The highest BCUT2D eigenvalue weighted by molar-refractivity contribution is 5.12. The average molecular weight is 266 g/mol. The van der Waals surface area contributed by atoms with Crippen molar-refractivity contribution in [1.29, 1.82) is 0 Å². The smallest absolute Gasteiger partial charge is 0.118 e. The van der Waals surface area contributed by atoms with Crippen molar-refractivity contribution in [3.05, 3.63) is 23.7 Å². The Morgan fingerprint density at radius 3 is 2.89 bits per heavy atom. The molecule has 4 heteroatoms. The Morgan fingerprint density at radius 1 is 1.37 bits per heavy atom. The third kappa shape index (κ3) is 4.64. The predicted octanol–water partition coefficient (Wildman–Crippen LogP) is 2.39. The summed E-state index contributed by atoms with van der Waals surface area (Å²) in [7, 11) is 2.17. The largest absolute Gasteiger partial charge is 0.468 e. The molecule has 108 valence electrons. The zero-order valence-electron chi connectivity index (χ0n) is 12.2. The van der Waals surface area contributed by atoms with Crippen molar-refractivity contribution in [2.24, 2.45) is 0 Å². The van der Waals surface area contributed by atoms with E-state index in [1.54, 1.807) is 0 Å². The SMILES string of the molecule is CCCNCc1coc(CN(C)C2CCOCC2)c1. The van der Waals surface area contributed by atoms with E-state index in [0.29, 0.717) is 6.04 Å². The molecule has 0 unspecified atom stereocenters. The van der Waals surface area contributed by atoms with Crippen molar-refractivity contribution in [1.82, 2.24) is 10.2 Å². The van der Waals surface area contributed by atoms with Crippen molar-refractivity contribution in [3.8, 4) is 0 Å². The van der Waals surface area contributed by atoms with Gasteiger partial charge >= 0.3 is 0 Å². The standard InChI is InChI=1S/C15H26N2O2/c1-3-6-16-10-13-9-15(19-12-13)11-17(2)14-4-7-18-8-5-14/h9,12,14,16H,3-8,10-11H2,1-2H3. The van der Waals surface area contributed by atoms with Crippen molar-refractivity contribution in [2.45, 2.75) is 45.3 Å². The van der Waals surface area contributed by atoms with Gasteiger partial charge in [0.25, 0.3) is 0 Å². The first kappa shape index (κ1) is 14.6. The van der Waals surface area contributed by atoms with Crippen LogP contribution in [0.4, 0.5) is 0 Å². The summed E-state index contributed by atoms with van der Waals surface area (Å²) in [5, 5.41) is 3.39. The summed E-state index contributed by atoms with van der Waals surface area (Å²) in [5.74, 6) is 1.06. The molecule has 0 amide bonds. The van der Waals surface area contributed by atoms with Gasteiger partial charge in [-0.3, -0.25) is 4.90 Å². The molecule has 1 N–H and O–H groups in total. The van der Waals surface area contributed by atoms with Crippen LogP contribution >= 0.6 is 0 Å². The highest BCUT2D eigenvalue weighted by Crippen LogP contribution is 2.17. The van der Waals surface area contributed by atoms with Crippen LogP contribution in [0.15, 0.2) is 16.7 Å². The summed E-state index contributed by atoms with van der Waals surface area (Å²) in [4.78, 5) is 2.38. The Hall–Kier alpha value is -0.840. The number of furan rings is 1. The molecule has 0 aliphatic carbocycles. The van der Waals surface area contributed by atoms with Gasteiger partial charge in [0.15, 0.2) is 0 Å². The van der Waals surface area contributed by atoms with Gasteiger partial charge in [-0.1, -0.05) is 6.92 Å². The van der Waals surface area contributed by atoms with Crippen molar-refractivity contribution >= 4 is 0 Å². The summed E-state index contributed by atoms with van der Waals surface area (Å²) in [5.41, 5.74) is 1.24. The Morgan fingerprint density at radius 2 is 2.16 bits per heavy atom. The third-order valence-electron chi connectivity index (χ3n) is 3.68. The van der Waals surface area contributed by atoms with Gasteiger partial charge in [-0.05, 0) is 38.9 Å². The van der Waals surface area contributed by atoms with Crippen LogP contribution in [0.2, 0.25) is 0 Å². The van der Waals surface area contributed by atoms with E-state index < -0.39 is 0 Å². The molecule has 0 aromatic carbocycles. The van der Waals surface area contributed by atoms with Crippen LogP contribution in [0, 0.1) is 0 Å². The number of nitrogens with one attached hydrogen (secondary N) is 1. The molecule has 19 heavy (non-hydrogen) atoms. The Balaban J connectivity index is 1.78. The van der Waals surface area contributed by atoms with Crippen molar-refractivity contribution < 1.29 is 9.15 Å². The second-order valence-electron chi connectivity index (χ2n) is 5.36. The molecule has 4 nitrogen and oxygen atoms in total. The zero-order valence-corrected chi connectivity index (χ0v) is 12.2. The molecule has 0 atom stereocenters. The van der Waals surface area contributed by atoms with Gasteiger partial charge in [0, 0.05) is 31.4 Å². The topological polar surface area (TPSA) is 37.6 Å². The summed E-state index contributed by atoms with van der Waals surface area (Å²) in [6.07, 6.45) is 5.29. The van der Waals surface area contributed by atoms with Crippen LogP contribution < -0.4 is 5.32 Å². The maximum atomic E-state index is 5.64. The van der Waals surface area contributed by atoms with Gasteiger partial charge < -0.3 is 14.5 Å². The highest BCUT2D eigenvalue weighted by Gasteiger charge is 2.19. The third-order valence-corrected chi connectivity index (χ3v) is 3.68. The quantitative estimate of drug-likeness (QED) is 0.769. The van der Waals surface area contributed by atoms with Crippen LogP contribution in [0.1, 0.15) is 37.5 Å².